The summed E-state index contributed by atoms with van der Waals surface area (Å²) in [6, 6.07) is 14.6. The minimum atomic E-state index is 0.0231. The number of benzene rings is 2. The van der Waals surface area contributed by atoms with Crippen LogP contribution in [0.4, 0.5) is 5.69 Å². The first-order valence-electron chi connectivity index (χ1n) is 13.2. The molecule has 0 bridgehead atoms. The largest absolute Gasteiger partial charge is 0.361 e. The molecule has 2 heterocycles. The number of para-hydroxylation sites is 3. The number of hydrogen-bond acceptors (Lipinski definition) is 4. The molecule has 4 rings (SSSR count). The third-order valence-electron chi connectivity index (χ3n) is 7.24. The van der Waals surface area contributed by atoms with Crippen LogP contribution in [0.25, 0.3) is 11.0 Å². The predicted octanol–water partition coefficient (Wildman–Crippen LogP) is 5.87. The monoisotopic (exact) mass is 476 g/mol. The van der Waals surface area contributed by atoms with Crippen LogP contribution in [0.2, 0.25) is 0 Å². The fourth-order valence-corrected chi connectivity index (χ4v) is 5.28. The molecule has 1 fully saturated rings. The molecule has 1 saturated heterocycles. The molecule has 1 amide bonds. The van der Waals surface area contributed by atoms with Gasteiger partial charge in [-0.1, -0.05) is 50.1 Å². The van der Waals surface area contributed by atoms with Gasteiger partial charge in [0, 0.05) is 6.61 Å². The van der Waals surface area contributed by atoms with E-state index in [4.69, 9.17) is 9.72 Å². The maximum absolute atomic E-state index is 14.0. The fraction of sp³-hybridized carbons (Fsp3) is 0.517. The molecule has 0 saturated carbocycles. The van der Waals surface area contributed by atoms with Crippen LogP contribution in [0.15, 0.2) is 42.5 Å². The van der Waals surface area contributed by atoms with Crippen molar-refractivity contribution in [3.63, 3.8) is 0 Å². The van der Waals surface area contributed by atoms with Crippen molar-refractivity contribution in [3.8, 4) is 0 Å². The zero-order valence-corrected chi connectivity index (χ0v) is 21.8. The van der Waals surface area contributed by atoms with Crippen LogP contribution in [0.5, 0.6) is 0 Å². The van der Waals surface area contributed by atoms with Crippen LogP contribution < -0.4 is 4.90 Å². The Balaban J connectivity index is 1.71. The third-order valence-corrected chi connectivity index (χ3v) is 7.24. The van der Waals surface area contributed by atoms with Crippen molar-refractivity contribution in [2.75, 3.05) is 31.3 Å². The van der Waals surface area contributed by atoms with Gasteiger partial charge in [-0.25, -0.2) is 4.98 Å². The number of carbonyl (C=O) groups is 1. The summed E-state index contributed by atoms with van der Waals surface area (Å²) in [4.78, 5) is 23.4. The molecule has 0 radical (unpaired) electrons. The Hall–Kier alpha value is -2.70. The number of aryl methyl sites for hydroxylation is 2. The molecule has 0 N–H and O–H groups in total. The maximum Gasteiger partial charge on any atom is 0.248 e. The highest BCUT2D eigenvalue weighted by Crippen LogP contribution is 2.29. The van der Waals surface area contributed by atoms with E-state index in [1.165, 1.54) is 25.7 Å². The van der Waals surface area contributed by atoms with E-state index in [9.17, 15) is 4.79 Å². The van der Waals surface area contributed by atoms with Crippen molar-refractivity contribution in [3.05, 3.63) is 59.4 Å². The maximum atomic E-state index is 14.0. The van der Waals surface area contributed by atoms with Crippen molar-refractivity contribution in [2.24, 2.45) is 0 Å². The lowest BCUT2D eigenvalue weighted by molar-refractivity contribution is -0.120. The second-order valence-corrected chi connectivity index (χ2v) is 9.55. The van der Waals surface area contributed by atoms with Gasteiger partial charge in [-0.2, -0.15) is 0 Å². The molecular weight excluding hydrogens is 436 g/mol. The Kier molecular flexibility index (Phi) is 8.58. The SMILES string of the molecule is CCOCN(C(=O)Cn1c(C(C)N2CCCCCC2)nc2ccccc21)c1c(C)cccc1CC. The molecule has 35 heavy (non-hydrogen) atoms. The lowest BCUT2D eigenvalue weighted by atomic mass is 10.0. The van der Waals surface area contributed by atoms with Gasteiger partial charge in [0.25, 0.3) is 0 Å². The van der Waals surface area contributed by atoms with Gasteiger partial charge in [0.2, 0.25) is 5.91 Å². The molecule has 1 atom stereocenters. The van der Waals surface area contributed by atoms with Gasteiger partial charge in [0.1, 0.15) is 19.1 Å². The molecule has 6 nitrogen and oxygen atoms in total. The van der Waals surface area contributed by atoms with E-state index in [1.54, 1.807) is 0 Å². The van der Waals surface area contributed by atoms with Crippen LogP contribution in [-0.4, -0.2) is 46.8 Å². The van der Waals surface area contributed by atoms with Gasteiger partial charge in [-0.05, 0) is 76.4 Å². The molecule has 6 heteroatoms. The highest BCUT2D eigenvalue weighted by molar-refractivity contribution is 5.95. The first kappa shape index (κ1) is 25.4. The fourth-order valence-electron chi connectivity index (χ4n) is 5.28. The zero-order chi connectivity index (χ0) is 24.8. The standard InChI is InChI=1S/C29H40N4O2/c1-5-24-15-13-14-22(3)28(24)33(21-35-6-2)27(34)20-32-26-17-10-9-16-25(26)30-29(32)23(4)31-18-11-7-8-12-19-31/h9-10,13-17,23H,5-8,11-12,18-21H2,1-4H3. The lowest BCUT2D eigenvalue weighted by Crippen LogP contribution is -2.38. The predicted molar refractivity (Wildman–Crippen MR) is 143 cm³/mol. The summed E-state index contributed by atoms with van der Waals surface area (Å²) < 4.78 is 7.93. The number of fused-ring (bicyclic) bond motifs is 1. The number of imidazole rings is 1. The van der Waals surface area contributed by atoms with Crippen molar-refractivity contribution < 1.29 is 9.53 Å². The average Bonchev–Trinajstić information content (AvgIpc) is 3.03. The summed E-state index contributed by atoms with van der Waals surface area (Å²) in [5.74, 6) is 0.994. The highest BCUT2D eigenvalue weighted by atomic mass is 16.5. The quantitative estimate of drug-likeness (QED) is 0.362. The molecule has 0 aliphatic carbocycles. The van der Waals surface area contributed by atoms with Crippen LogP contribution in [0, 0.1) is 6.92 Å². The van der Waals surface area contributed by atoms with E-state index >= 15 is 0 Å². The lowest BCUT2D eigenvalue weighted by Gasteiger charge is -2.29. The molecule has 1 aliphatic heterocycles. The molecule has 188 valence electrons. The molecule has 2 aromatic carbocycles. The number of rotatable bonds is 9. The molecule has 1 aromatic heterocycles. The van der Waals surface area contributed by atoms with Gasteiger partial charge < -0.3 is 9.30 Å². The Morgan fingerprint density at radius 1 is 1.06 bits per heavy atom. The number of hydrogen-bond donors (Lipinski definition) is 0. The number of ether oxygens (including phenoxy) is 1. The van der Waals surface area contributed by atoms with Crippen LogP contribution >= 0.6 is 0 Å². The summed E-state index contributed by atoms with van der Waals surface area (Å²) in [5, 5.41) is 0. The van der Waals surface area contributed by atoms with E-state index < -0.39 is 0 Å². The number of likely N-dealkylation sites (tertiary alicyclic amines) is 1. The van der Waals surface area contributed by atoms with E-state index in [1.807, 2.05) is 30.0 Å². The van der Waals surface area contributed by atoms with E-state index in [0.717, 1.165) is 53.2 Å². The number of carbonyl (C=O) groups excluding carboxylic acids is 1. The minimum Gasteiger partial charge on any atom is -0.361 e. The second-order valence-electron chi connectivity index (χ2n) is 9.55. The van der Waals surface area contributed by atoms with Gasteiger partial charge in [-0.15, -0.1) is 0 Å². The first-order chi connectivity index (χ1) is 17.0. The average molecular weight is 477 g/mol. The van der Waals surface area contributed by atoms with Crippen LogP contribution in [0.3, 0.4) is 0 Å². The summed E-state index contributed by atoms with van der Waals surface area (Å²) in [5.41, 5.74) is 5.17. The number of aromatic nitrogens is 2. The zero-order valence-electron chi connectivity index (χ0n) is 21.8. The van der Waals surface area contributed by atoms with Crippen molar-refractivity contribution in [1.29, 1.82) is 0 Å². The number of anilines is 1. The summed E-state index contributed by atoms with van der Waals surface area (Å²) in [6.45, 7) is 11.6. The van der Waals surface area contributed by atoms with Crippen LogP contribution in [-0.2, 0) is 22.5 Å². The minimum absolute atomic E-state index is 0.0231. The number of amides is 1. The smallest absolute Gasteiger partial charge is 0.248 e. The van der Waals surface area contributed by atoms with Crippen molar-refractivity contribution >= 4 is 22.6 Å². The Labute approximate surface area is 209 Å². The summed E-state index contributed by atoms with van der Waals surface area (Å²) in [7, 11) is 0. The van der Waals surface area contributed by atoms with Gasteiger partial charge >= 0.3 is 0 Å². The van der Waals surface area contributed by atoms with E-state index in [0.29, 0.717) is 6.61 Å². The van der Waals surface area contributed by atoms with E-state index in [-0.39, 0.29) is 25.2 Å². The topological polar surface area (TPSA) is 50.6 Å². The van der Waals surface area contributed by atoms with Crippen LogP contribution in [0.1, 0.15) is 69.4 Å². The van der Waals surface area contributed by atoms with Gasteiger partial charge in [0.15, 0.2) is 0 Å². The first-order valence-corrected chi connectivity index (χ1v) is 13.2. The Bertz CT molecular complexity index is 1130. The summed E-state index contributed by atoms with van der Waals surface area (Å²) >= 11 is 0. The Morgan fingerprint density at radius 2 is 1.80 bits per heavy atom. The van der Waals surface area contributed by atoms with Gasteiger partial charge in [-0.3, -0.25) is 14.6 Å². The molecular formula is C29H40N4O2. The van der Waals surface area contributed by atoms with Crippen molar-refractivity contribution in [1.82, 2.24) is 14.5 Å². The number of nitrogens with zero attached hydrogens (tertiary/aromatic N) is 4. The summed E-state index contributed by atoms with van der Waals surface area (Å²) in [6.07, 6.45) is 5.89. The normalized spacial score (nSPS) is 15.8. The molecule has 1 unspecified atom stereocenters. The molecule has 0 spiro atoms. The third kappa shape index (κ3) is 5.60. The molecule has 1 aliphatic rings. The second kappa shape index (κ2) is 11.8. The molecule has 3 aromatic rings. The van der Waals surface area contributed by atoms with E-state index in [2.05, 4.69) is 54.5 Å². The Morgan fingerprint density at radius 3 is 2.51 bits per heavy atom. The highest BCUT2D eigenvalue weighted by Gasteiger charge is 2.27. The van der Waals surface area contributed by atoms with Gasteiger partial charge in [0.05, 0.1) is 22.8 Å². The van der Waals surface area contributed by atoms with Crippen molar-refractivity contribution in [2.45, 2.75) is 72.4 Å².